The predicted molar refractivity (Wildman–Crippen MR) is 75.5 cm³/mol. The first kappa shape index (κ1) is 13.6. The minimum absolute atomic E-state index is 0.000233. The second kappa shape index (κ2) is 4.86. The van der Waals surface area contributed by atoms with Crippen LogP contribution < -0.4 is 5.43 Å². The van der Waals surface area contributed by atoms with Crippen LogP contribution in [0.2, 0.25) is 5.02 Å². The van der Waals surface area contributed by atoms with Gasteiger partial charge >= 0.3 is 0 Å². The summed E-state index contributed by atoms with van der Waals surface area (Å²) in [5.41, 5.74) is 3.56. The molecule has 1 aromatic carbocycles. The Hall–Kier alpha value is -1.40. The molecule has 20 heavy (non-hydrogen) atoms. The van der Waals surface area contributed by atoms with E-state index in [2.05, 4.69) is 10.5 Å². The van der Waals surface area contributed by atoms with Gasteiger partial charge in [-0.15, -0.1) is 0 Å². The number of hydrogen-bond donors (Lipinski definition) is 1. The van der Waals surface area contributed by atoms with Crippen molar-refractivity contribution in [1.29, 1.82) is 0 Å². The van der Waals surface area contributed by atoms with Crippen molar-refractivity contribution in [2.75, 3.05) is 5.75 Å². The van der Waals surface area contributed by atoms with Crippen LogP contribution in [0, 0.1) is 5.92 Å². The van der Waals surface area contributed by atoms with Crippen molar-refractivity contribution in [2.24, 2.45) is 11.0 Å². The lowest BCUT2D eigenvalue weighted by Crippen LogP contribution is -2.26. The van der Waals surface area contributed by atoms with Gasteiger partial charge < -0.3 is 0 Å². The van der Waals surface area contributed by atoms with Crippen LogP contribution in [-0.2, 0) is 14.6 Å². The lowest BCUT2D eigenvalue weighted by atomic mass is 10.1. The quantitative estimate of drug-likeness (QED) is 0.845. The van der Waals surface area contributed by atoms with E-state index in [4.69, 9.17) is 11.6 Å². The lowest BCUT2D eigenvalue weighted by molar-refractivity contribution is -0.122. The third-order valence-electron chi connectivity index (χ3n) is 3.44. The van der Waals surface area contributed by atoms with E-state index in [1.54, 1.807) is 12.1 Å². The highest BCUT2D eigenvalue weighted by atomic mass is 35.5. The minimum atomic E-state index is -3.29. The van der Waals surface area contributed by atoms with Crippen molar-refractivity contribution in [3.05, 3.63) is 28.8 Å². The maximum Gasteiger partial charge on any atom is 0.243 e. The second-order valence-electron chi connectivity index (χ2n) is 5.02. The van der Waals surface area contributed by atoms with Gasteiger partial charge in [0.25, 0.3) is 0 Å². The molecule has 1 aromatic rings. The number of fused-ring (bicyclic) bond motifs is 1. The highest BCUT2D eigenvalue weighted by Gasteiger charge is 2.31. The van der Waals surface area contributed by atoms with Crippen molar-refractivity contribution in [2.45, 2.75) is 24.2 Å². The number of halogens is 1. The Balaban J connectivity index is 1.96. The van der Waals surface area contributed by atoms with Gasteiger partial charge in [0.15, 0.2) is 9.84 Å². The monoisotopic (exact) mass is 312 g/mol. The number of sulfone groups is 1. The maximum absolute atomic E-state index is 12.0. The van der Waals surface area contributed by atoms with Gasteiger partial charge in [-0.05, 0) is 31.0 Å². The number of rotatable bonds is 2. The standard InChI is InChI=1S/C13H13ClN2O3S/c14-9-3-4-12-10(7-9)11(5-6-20(12,18)19)15-16-13(17)8-1-2-8/h3-4,7-8H,1-2,5-6H2,(H,16,17)/b15-11-. The Bertz CT molecular complexity index is 708. The zero-order chi connectivity index (χ0) is 14.3. The molecular weight excluding hydrogens is 300 g/mol. The van der Waals surface area contributed by atoms with Crippen LogP contribution in [0.3, 0.4) is 0 Å². The largest absolute Gasteiger partial charge is 0.273 e. The molecular formula is C13H13ClN2O3S. The summed E-state index contributed by atoms with van der Waals surface area (Å²) in [6, 6.07) is 4.61. The van der Waals surface area contributed by atoms with E-state index in [0.717, 1.165) is 12.8 Å². The third-order valence-corrected chi connectivity index (χ3v) is 5.45. The van der Waals surface area contributed by atoms with E-state index in [1.165, 1.54) is 6.07 Å². The molecule has 0 spiro atoms. The normalized spacial score (nSPS) is 22.4. The van der Waals surface area contributed by atoms with E-state index >= 15 is 0 Å². The SMILES string of the molecule is O=C(N/N=C1/CCS(=O)(=O)c2ccc(Cl)cc21)C1CC1. The molecule has 1 amide bonds. The fraction of sp³-hybridized carbons (Fsp3) is 0.385. The molecule has 1 saturated carbocycles. The van der Waals surface area contributed by atoms with Gasteiger partial charge in [-0.2, -0.15) is 5.10 Å². The molecule has 1 fully saturated rings. The molecule has 1 aliphatic heterocycles. The van der Waals surface area contributed by atoms with Gasteiger partial charge in [0.1, 0.15) is 0 Å². The molecule has 0 radical (unpaired) electrons. The molecule has 0 atom stereocenters. The van der Waals surface area contributed by atoms with E-state index in [1.807, 2.05) is 0 Å². The van der Waals surface area contributed by atoms with Crippen LogP contribution in [0.4, 0.5) is 0 Å². The van der Waals surface area contributed by atoms with Gasteiger partial charge in [-0.1, -0.05) is 11.6 Å². The van der Waals surface area contributed by atoms with Crippen LogP contribution in [-0.4, -0.2) is 25.8 Å². The van der Waals surface area contributed by atoms with Gasteiger partial charge in [-0.3, -0.25) is 4.79 Å². The minimum Gasteiger partial charge on any atom is -0.273 e. The van der Waals surface area contributed by atoms with E-state index in [9.17, 15) is 13.2 Å². The van der Waals surface area contributed by atoms with Crippen LogP contribution in [0.25, 0.3) is 0 Å². The van der Waals surface area contributed by atoms with Crippen LogP contribution in [0.1, 0.15) is 24.8 Å². The van der Waals surface area contributed by atoms with Crippen molar-refractivity contribution in [3.8, 4) is 0 Å². The zero-order valence-corrected chi connectivity index (χ0v) is 12.2. The molecule has 5 nitrogen and oxygen atoms in total. The first-order chi connectivity index (χ1) is 9.47. The summed E-state index contributed by atoms with van der Waals surface area (Å²) < 4.78 is 24.0. The van der Waals surface area contributed by atoms with Crippen molar-refractivity contribution < 1.29 is 13.2 Å². The predicted octanol–water partition coefficient (Wildman–Crippen LogP) is 1.75. The molecule has 7 heteroatoms. The topological polar surface area (TPSA) is 75.6 Å². The summed E-state index contributed by atoms with van der Waals surface area (Å²) >= 11 is 5.92. The number of amides is 1. The molecule has 0 bridgehead atoms. The van der Waals surface area contributed by atoms with Gasteiger partial charge in [0.2, 0.25) is 5.91 Å². The van der Waals surface area contributed by atoms with Gasteiger partial charge in [-0.25, -0.2) is 13.8 Å². The number of carbonyl (C=O) groups excluding carboxylic acids is 1. The highest BCUT2D eigenvalue weighted by Crippen LogP contribution is 2.30. The number of nitrogens with one attached hydrogen (secondary N) is 1. The fourth-order valence-corrected chi connectivity index (χ4v) is 3.79. The van der Waals surface area contributed by atoms with Crippen molar-refractivity contribution in [3.63, 3.8) is 0 Å². The summed E-state index contributed by atoms with van der Waals surface area (Å²) in [6.45, 7) is 0. The molecule has 1 N–H and O–H groups in total. The number of hydrogen-bond acceptors (Lipinski definition) is 4. The number of nitrogens with zero attached hydrogens (tertiary/aromatic N) is 1. The molecule has 0 unspecified atom stereocenters. The molecule has 1 aliphatic carbocycles. The summed E-state index contributed by atoms with van der Waals surface area (Å²) in [5.74, 6) is -0.0419. The average Bonchev–Trinajstić information content (AvgIpc) is 3.21. The smallest absolute Gasteiger partial charge is 0.243 e. The van der Waals surface area contributed by atoms with Crippen molar-refractivity contribution >= 4 is 33.1 Å². The molecule has 2 aliphatic rings. The molecule has 0 aromatic heterocycles. The first-order valence-corrected chi connectivity index (χ1v) is 8.39. The molecule has 3 rings (SSSR count). The average molecular weight is 313 g/mol. The fourth-order valence-electron chi connectivity index (χ4n) is 2.15. The molecule has 1 heterocycles. The molecule has 0 saturated heterocycles. The number of benzene rings is 1. The Morgan fingerprint density at radius 2 is 2.10 bits per heavy atom. The summed E-state index contributed by atoms with van der Waals surface area (Å²) in [6.07, 6.45) is 2.07. The van der Waals surface area contributed by atoms with E-state index in [0.29, 0.717) is 16.3 Å². The highest BCUT2D eigenvalue weighted by molar-refractivity contribution is 7.91. The summed E-state index contributed by atoms with van der Waals surface area (Å²) in [5, 5.41) is 4.53. The number of hydrazone groups is 1. The Morgan fingerprint density at radius 3 is 2.80 bits per heavy atom. The van der Waals surface area contributed by atoms with Crippen LogP contribution in [0.15, 0.2) is 28.2 Å². The Labute approximate surface area is 121 Å². The Kier molecular flexibility index (Phi) is 3.30. The van der Waals surface area contributed by atoms with Gasteiger partial charge in [0, 0.05) is 22.9 Å². The van der Waals surface area contributed by atoms with Crippen LogP contribution in [0.5, 0.6) is 0 Å². The maximum atomic E-state index is 12.0. The van der Waals surface area contributed by atoms with Crippen molar-refractivity contribution in [1.82, 2.24) is 5.43 Å². The lowest BCUT2D eigenvalue weighted by Gasteiger charge is -2.18. The number of carbonyl (C=O) groups is 1. The first-order valence-electron chi connectivity index (χ1n) is 6.36. The van der Waals surface area contributed by atoms with E-state index in [-0.39, 0.29) is 28.9 Å². The molecule has 106 valence electrons. The van der Waals surface area contributed by atoms with E-state index < -0.39 is 9.84 Å². The van der Waals surface area contributed by atoms with Crippen LogP contribution >= 0.6 is 11.6 Å². The second-order valence-corrected chi connectivity index (χ2v) is 7.53. The third kappa shape index (κ3) is 2.58. The Morgan fingerprint density at radius 1 is 1.35 bits per heavy atom. The summed E-state index contributed by atoms with van der Waals surface area (Å²) in [4.78, 5) is 11.8. The zero-order valence-electron chi connectivity index (χ0n) is 10.6. The van der Waals surface area contributed by atoms with Gasteiger partial charge in [0.05, 0.1) is 16.4 Å². The summed E-state index contributed by atoms with van der Waals surface area (Å²) in [7, 11) is -3.29.